The maximum absolute atomic E-state index is 13.4. The molecule has 5 heteroatoms. The molecule has 2 heterocycles. The van der Waals surface area contributed by atoms with Crippen LogP contribution in [0.2, 0.25) is 0 Å². The number of aromatic nitrogens is 1. The Morgan fingerprint density at radius 1 is 0.700 bits per heavy atom. The fraction of sp³-hybridized carbons (Fsp3) is 0.0800. The molecule has 3 aromatic carbocycles. The lowest BCUT2D eigenvalue weighted by molar-refractivity contribution is 0.0985. The molecule has 0 fully saturated rings. The van der Waals surface area contributed by atoms with Crippen LogP contribution in [0.1, 0.15) is 21.6 Å². The number of amides is 1. The molecule has 1 amide bonds. The number of anilines is 1. The van der Waals surface area contributed by atoms with Gasteiger partial charge in [-0.1, -0.05) is 36.4 Å². The summed E-state index contributed by atoms with van der Waals surface area (Å²) < 4.78 is 2.19. The SMILES string of the molecule is O=C(c1ccc(N=Nc2ccccc2)cc1)N1Cc2cccn2Cc2ccccc21. The van der Waals surface area contributed by atoms with Gasteiger partial charge in [0.05, 0.1) is 17.9 Å². The maximum Gasteiger partial charge on any atom is 0.258 e. The van der Waals surface area contributed by atoms with Crippen molar-refractivity contribution in [2.75, 3.05) is 4.90 Å². The predicted molar refractivity (Wildman–Crippen MR) is 118 cm³/mol. The molecule has 0 spiro atoms. The molecular formula is C25H20N4O. The molecule has 0 saturated carbocycles. The molecule has 0 saturated heterocycles. The van der Waals surface area contributed by atoms with Crippen molar-refractivity contribution in [1.29, 1.82) is 0 Å². The number of carbonyl (C=O) groups excluding carboxylic acids is 1. The summed E-state index contributed by atoms with van der Waals surface area (Å²) in [6.07, 6.45) is 2.06. The fourth-order valence-electron chi connectivity index (χ4n) is 3.70. The fourth-order valence-corrected chi connectivity index (χ4v) is 3.70. The highest BCUT2D eigenvalue weighted by atomic mass is 16.2. The Morgan fingerprint density at radius 2 is 1.40 bits per heavy atom. The van der Waals surface area contributed by atoms with Crippen molar-refractivity contribution >= 4 is 23.0 Å². The molecule has 0 aliphatic carbocycles. The van der Waals surface area contributed by atoms with E-state index in [1.165, 1.54) is 0 Å². The zero-order valence-corrected chi connectivity index (χ0v) is 16.3. The third kappa shape index (κ3) is 3.53. The van der Waals surface area contributed by atoms with E-state index in [2.05, 4.69) is 33.1 Å². The van der Waals surface area contributed by atoms with Crippen LogP contribution in [-0.2, 0) is 13.1 Å². The highest BCUT2D eigenvalue weighted by Gasteiger charge is 2.24. The zero-order chi connectivity index (χ0) is 20.3. The van der Waals surface area contributed by atoms with Gasteiger partial charge in [0.15, 0.2) is 0 Å². The Hall–Kier alpha value is -3.99. The zero-order valence-electron chi connectivity index (χ0n) is 16.3. The summed E-state index contributed by atoms with van der Waals surface area (Å²) in [7, 11) is 0. The first-order valence-electron chi connectivity index (χ1n) is 9.88. The van der Waals surface area contributed by atoms with Gasteiger partial charge in [0.25, 0.3) is 5.91 Å². The summed E-state index contributed by atoms with van der Waals surface area (Å²) in [6, 6.07) is 29.0. The van der Waals surface area contributed by atoms with Crippen molar-refractivity contribution < 1.29 is 4.79 Å². The van der Waals surface area contributed by atoms with E-state index in [4.69, 9.17) is 0 Å². The number of azo groups is 1. The smallest absolute Gasteiger partial charge is 0.258 e. The molecule has 4 aromatic rings. The highest BCUT2D eigenvalue weighted by molar-refractivity contribution is 6.06. The van der Waals surface area contributed by atoms with Crippen LogP contribution < -0.4 is 4.90 Å². The van der Waals surface area contributed by atoms with Crippen molar-refractivity contribution in [3.8, 4) is 0 Å². The number of rotatable bonds is 3. The maximum atomic E-state index is 13.4. The lowest BCUT2D eigenvalue weighted by atomic mass is 10.1. The quantitative estimate of drug-likeness (QED) is 0.388. The molecule has 5 nitrogen and oxygen atoms in total. The first-order valence-corrected chi connectivity index (χ1v) is 9.88. The molecular weight excluding hydrogens is 372 g/mol. The van der Waals surface area contributed by atoms with Gasteiger partial charge in [-0.2, -0.15) is 10.2 Å². The van der Waals surface area contributed by atoms with E-state index < -0.39 is 0 Å². The third-order valence-corrected chi connectivity index (χ3v) is 5.26. The van der Waals surface area contributed by atoms with Crippen LogP contribution >= 0.6 is 0 Å². The Balaban J connectivity index is 1.42. The molecule has 0 bridgehead atoms. The number of para-hydroxylation sites is 1. The number of benzene rings is 3. The van der Waals surface area contributed by atoms with Gasteiger partial charge < -0.3 is 9.47 Å². The molecule has 0 N–H and O–H groups in total. The van der Waals surface area contributed by atoms with Gasteiger partial charge in [-0.05, 0) is 60.2 Å². The summed E-state index contributed by atoms with van der Waals surface area (Å²) in [5.74, 6) is -0.0244. The van der Waals surface area contributed by atoms with Crippen molar-refractivity contribution in [3.05, 3.63) is 114 Å². The van der Waals surface area contributed by atoms with Gasteiger partial charge in [-0.25, -0.2) is 0 Å². The molecule has 1 aliphatic heterocycles. The summed E-state index contributed by atoms with van der Waals surface area (Å²) in [4.78, 5) is 15.3. The Labute approximate surface area is 174 Å². The van der Waals surface area contributed by atoms with Crippen LogP contribution in [0, 0.1) is 0 Å². The van der Waals surface area contributed by atoms with Crippen molar-refractivity contribution in [1.82, 2.24) is 4.57 Å². The molecule has 146 valence electrons. The van der Waals surface area contributed by atoms with Crippen LogP contribution in [-0.4, -0.2) is 10.5 Å². The normalized spacial score (nSPS) is 13.0. The van der Waals surface area contributed by atoms with E-state index >= 15 is 0 Å². The van der Waals surface area contributed by atoms with Gasteiger partial charge in [-0.3, -0.25) is 4.79 Å². The average molecular weight is 392 g/mol. The number of hydrogen-bond acceptors (Lipinski definition) is 3. The molecule has 1 aromatic heterocycles. The Kier molecular flexibility index (Phi) is 4.69. The van der Waals surface area contributed by atoms with Crippen molar-refractivity contribution in [3.63, 3.8) is 0 Å². The van der Waals surface area contributed by atoms with E-state index in [1.54, 1.807) is 0 Å². The average Bonchev–Trinajstić information content (AvgIpc) is 3.17. The molecule has 5 rings (SSSR count). The summed E-state index contributed by atoms with van der Waals surface area (Å²) in [5, 5.41) is 8.49. The van der Waals surface area contributed by atoms with Crippen LogP contribution in [0.4, 0.5) is 17.1 Å². The van der Waals surface area contributed by atoms with Crippen LogP contribution in [0.5, 0.6) is 0 Å². The van der Waals surface area contributed by atoms with Crippen LogP contribution in [0.25, 0.3) is 0 Å². The highest BCUT2D eigenvalue weighted by Crippen LogP contribution is 2.29. The number of nitrogens with zero attached hydrogens (tertiary/aromatic N) is 4. The second-order valence-corrected chi connectivity index (χ2v) is 7.23. The summed E-state index contributed by atoms with van der Waals surface area (Å²) in [6.45, 7) is 1.30. The minimum Gasteiger partial charge on any atom is -0.345 e. The summed E-state index contributed by atoms with van der Waals surface area (Å²) >= 11 is 0. The Morgan fingerprint density at radius 3 is 2.20 bits per heavy atom. The molecule has 0 radical (unpaired) electrons. The second-order valence-electron chi connectivity index (χ2n) is 7.23. The molecule has 0 unspecified atom stereocenters. The number of hydrogen-bond donors (Lipinski definition) is 0. The molecule has 30 heavy (non-hydrogen) atoms. The minimum absolute atomic E-state index is 0.0244. The molecule has 1 aliphatic rings. The largest absolute Gasteiger partial charge is 0.345 e. The van der Waals surface area contributed by atoms with Crippen LogP contribution in [0.15, 0.2) is 107 Å². The molecule has 0 atom stereocenters. The van der Waals surface area contributed by atoms with Gasteiger partial charge in [0.1, 0.15) is 0 Å². The van der Waals surface area contributed by atoms with Gasteiger partial charge in [0, 0.05) is 29.7 Å². The lowest BCUT2D eigenvalue weighted by Crippen LogP contribution is -2.30. The van der Waals surface area contributed by atoms with E-state index in [0.717, 1.165) is 29.2 Å². The van der Waals surface area contributed by atoms with Gasteiger partial charge in [0.2, 0.25) is 0 Å². The third-order valence-electron chi connectivity index (χ3n) is 5.26. The standard InChI is InChI=1S/C25H20N4O/c30-25(19-12-14-22(15-13-19)27-26-21-8-2-1-3-9-21)29-18-23-10-6-16-28(23)17-20-7-4-5-11-24(20)29/h1-16H,17-18H2. The first-order chi connectivity index (χ1) is 14.8. The van der Waals surface area contributed by atoms with E-state index in [9.17, 15) is 4.79 Å². The van der Waals surface area contributed by atoms with Crippen LogP contribution in [0.3, 0.4) is 0 Å². The second kappa shape index (κ2) is 7.79. The number of carbonyl (C=O) groups is 1. The topological polar surface area (TPSA) is 50.0 Å². The monoisotopic (exact) mass is 392 g/mol. The van der Waals surface area contributed by atoms with E-state index in [1.807, 2.05) is 83.8 Å². The number of fused-ring (bicyclic) bond motifs is 2. The van der Waals surface area contributed by atoms with Crippen molar-refractivity contribution in [2.45, 2.75) is 13.1 Å². The predicted octanol–water partition coefficient (Wildman–Crippen LogP) is 6.11. The minimum atomic E-state index is -0.0244. The van der Waals surface area contributed by atoms with E-state index in [0.29, 0.717) is 17.8 Å². The van der Waals surface area contributed by atoms with Gasteiger partial charge >= 0.3 is 0 Å². The first kappa shape index (κ1) is 18.1. The van der Waals surface area contributed by atoms with Gasteiger partial charge in [-0.15, -0.1) is 0 Å². The van der Waals surface area contributed by atoms with E-state index in [-0.39, 0.29) is 5.91 Å². The summed E-state index contributed by atoms with van der Waals surface area (Å²) in [5.41, 5.74) is 5.34. The Bertz CT molecular complexity index is 1210. The van der Waals surface area contributed by atoms with Crippen molar-refractivity contribution in [2.24, 2.45) is 10.2 Å². The lowest BCUT2D eigenvalue weighted by Gasteiger charge is -2.22.